The molecule has 4 heteroatoms. The number of nitrogens with zero attached hydrogens (tertiary/aromatic N) is 3. The number of hydrogen-bond acceptors (Lipinski definition) is 4. The van der Waals surface area contributed by atoms with Gasteiger partial charge < -0.3 is 10.6 Å². The number of benzene rings is 1. The summed E-state index contributed by atoms with van der Waals surface area (Å²) in [4.78, 5) is 11.9. The topological polar surface area (TPSA) is 54.5 Å². The predicted octanol–water partition coefficient (Wildman–Crippen LogP) is 8.61. The van der Waals surface area contributed by atoms with E-state index in [0.717, 1.165) is 29.9 Å². The summed E-state index contributed by atoms with van der Waals surface area (Å²) in [6.07, 6.45) is 18.0. The Labute approximate surface area is 237 Å². The third kappa shape index (κ3) is 7.62. The van der Waals surface area contributed by atoms with E-state index >= 15 is 0 Å². The van der Waals surface area contributed by atoms with Crippen molar-refractivity contribution < 1.29 is 0 Å². The normalized spacial score (nSPS) is 21.0. The highest BCUT2D eigenvalue weighted by Gasteiger charge is 2.28. The van der Waals surface area contributed by atoms with Crippen LogP contribution in [0.1, 0.15) is 107 Å². The van der Waals surface area contributed by atoms with Gasteiger partial charge in [0.1, 0.15) is 5.82 Å². The minimum Gasteiger partial charge on any atom is -0.404 e. The van der Waals surface area contributed by atoms with Gasteiger partial charge in [-0.3, -0.25) is 4.99 Å². The molecule has 1 aromatic heterocycles. The van der Waals surface area contributed by atoms with Gasteiger partial charge in [0.05, 0.1) is 0 Å². The fourth-order valence-corrected chi connectivity index (χ4v) is 6.51. The van der Waals surface area contributed by atoms with Crippen LogP contribution in [0, 0.1) is 18.8 Å². The molecule has 0 amide bonds. The SMILES string of the molecule is C=C(C1CCCCC1)N(CC1CCC(c2ccc(CC)c(C)c2)CC1)c1cc(/C(C=NC(C)C)=C/N)ccn1. The fourth-order valence-electron chi connectivity index (χ4n) is 6.51. The van der Waals surface area contributed by atoms with Crippen molar-refractivity contribution in [3.8, 4) is 0 Å². The third-order valence-electron chi connectivity index (χ3n) is 8.98. The van der Waals surface area contributed by atoms with Crippen LogP contribution in [-0.4, -0.2) is 23.8 Å². The Morgan fingerprint density at radius 3 is 2.46 bits per heavy atom. The molecule has 0 spiro atoms. The maximum atomic E-state index is 6.02. The van der Waals surface area contributed by atoms with Gasteiger partial charge in [0.25, 0.3) is 0 Å². The van der Waals surface area contributed by atoms with Gasteiger partial charge in [0.2, 0.25) is 0 Å². The van der Waals surface area contributed by atoms with Crippen molar-refractivity contribution in [3.05, 3.63) is 77.3 Å². The summed E-state index contributed by atoms with van der Waals surface area (Å²) in [6, 6.07) is 11.6. The van der Waals surface area contributed by atoms with Crippen molar-refractivity contribution in [1.82, 2.24) is 4.98 Å². The molecular weight excluding hydrogens is 476 g/mol. The number of rotatable bonds is 10. The summed E-state index contributed by atoms with van der Waals surface area (Å²) in [5, 5.41) is 0. The molecule has 0 bridgehead atoms. The highest BCUT2D eigenvalue weighted by molar-refractivity contribution is 6.09. The Morgan fingerprint density at radius 1 is 1.08 bits per heavy atom. The van der Waals surface area contributed by atoms with Gasteiger partial charge >= 0.3 is 0 Å². The minimum atomic E-state index is 0.229. The lowest BCUT2D eigenvalue weighted by Crippen LogP contribution is -2.34. The molecule has 0 saturated heterocycles. The number of hydrogen-bond donors (Lipinski definition) is 1. The number of aliphatic imine (C=N–C) groups is 1. The molecule has 210 valence electrons. The first-order chi connectivity index (χ1) is 18.9. The second-order valence-corrected chi connectivity index (χ2v) is 12.1. The maximum absolute atomic E-state index is 6.02. The smallest absolute Gasteiger partial charge is 0.133 e. The van der Waals surface area contributed by atoms with E-state index < -0.39 is 0 Å². The van der Waals surface area contributed by atoms with Gasteiger partial charge in [-0.15, -0.1) is 0 Å². The lowest BCUT2D eigenvalue weighted by molar-refractivity contribution is 0.323. The number of aromatic nitrogens is 1. The maximum Gasteiger partial charge on any atom is 0.133 e. The lowest BCUT2D eigenvalue weighted by Gasteiger charge is -2.37. The molecule has 1 aromatic carbocycles. The summed E-state index contributed by atoms with van der Waals surface area (Å²) in [5.41, 5.74) is 13.7. The van der Waals surface area contributed by atoms with Gasteiger partial charge in [0, 0.05) is 42.5 Å². The van der Waals surface area contributed by atoms with Crippen LogP contribution in [0.2, 0.25) is 0 Å². The Hall–Kier alpha value is -2.88. The summed E-state index contributed by atoms with van der Waals surface area (Å²) >= 11 is 0. The molecule has 0 unspecified atom stereocenters. The number of pyridine rings is 1. The summed E-state index contributed by atoms with van der Waals surface area (Å²) in [7, 11) is 0. The monoisotopic (exact) mass is 526 g/mol. The van der Waals surface area contributed by atoms with Gasteiger partial charge in [-0.25, -0.2) is 4.98 Å². The first-order valence-corrected chi connectivity index (χ1v) is 15.4. The van der Waals surface area contributed by atoms with Gasteiger partial charge in [-0.1, -0.05) is 51.0 Å². The van der Waals surface area contributed by atoms with Gasteiger partial charge in [-0.05, 0) is 118 Å². The van der Waals surface area contributed by atoms with Crippen molar-refractivity contribution in [3.63, 3.8) is 0 Å². The molecule has 2 aliphatic rings. The molecule has 4 rings (SSSR count). The zero-order chi connectivity index (χ0) is 27.8. The van der Waals surface area contributed by atoms with Crippen LogP contribution in [0.15, 0.2) is 60.0 Å². The van der Waals surface area contributed by atoms with E-state index in [1.54, 1.807) is 6.20 Å². The van der Waals surface area contributed by atoms with Crippen molar-refractivity contribution in [1.29, 1.82) is 0 Å². The molecule has 1 heterocycles. The van der Waals surface area contributed by atoms with Gasteiger partial charge in [-0.2, -0.15) is 0 Å². The highest BCUT2D eigenvalue weighted by atomic mass is 15.2. The van der Waals surface area contributed by atoms with Crippen molar-refractivity contribution >= 4 is 17.6 Å². The molecule has 2 aliphatic carbocycles. The Kier molecular flexibility index (Phi) is 10.4. The second-order valence-electron chi connectivity index (χ2n) is 12.1. The predicted molar refractivity (Wildman–Crippen MR) is 168 cm³/mol. The molecule has 2 aromatic rings. The molecule has 0 aliphatic heterocycles. The van der Waals surface area contributed by atoms with E-state index in [2.05, 4.69) is 68.4 Å². The van der Waals surface area contributed by atoms with E-state index in [1.807, 2.05) is 18.5 Å². The Morgan fingerprint density at radius 2 is 1.82 bits per heavy atom. The first kappa shape index (κ1) is 29.1. The molecule has 2 N–H and O–H groups in total. The Balaban J connectivity index is 1.52. The van der Waals surface area contributed by atoms with E-state index in [4.69, 9.17) is 10.7 Å². The fraction of sp³-hybridized carbons (Fsp3) is 0.543. The first-order valence-electron chi connectivity index (χ1n) is 15.4. The summed E-state index contributed by atoms with van der Waals surface area (Å²) < 4.78 is 0. The summed E-state index contributed by atoms with van der Waals surface area (Å²) in [5.74, 6) is 2.87. The molecule has 39 heavy (non-hydrogen) atoms. The molecule has 0 radical (unpaired) electrons. The second kappa shape index (κ2) is 14.0. The van der Waals surface area contributed by atoms with Crippen LogP contribution in [-0.2, 0) is 6.42 Å². The highest BCUT2D eigenvalue weighted by Crippen LogP contribution is 2.39. The average molecular weight is 527 g/mol. The van der Waals surface area contributed by atoms with Crippen molar-refractivity contribution in [2.24, 2.45) is 22.6 Å². The number of allylic oxidation sites excluding steroid dienone is 2. The molecule has 0 atom stereocenters. The Bertz CT molecular complexity index is 1150. The third-order valence-corrected chi connectivity index (χ3v) is 8.98. The zero-order valence-electron chi connectivity index (χ0n) is 24.8. The summed E-state index contributed by atoms with van der Waals surface area (Å²) in [6.45, 7) is 14.3. The quantitative estimate of drug-likeness (QED) is 0.315. The molecule has 2 fully saturated rings. The van der Waals surface area contributed by atoms with Crippen LogP contribution in [0.3, 0.4) is 0 Å². The van der Waals surface area contributed by atoms with Gasteiger partial charge in [0.15, 0.2) is 0 Å². The van der Waals surface area contributed by atoms with Crippen LogP contribution >= 0.6 is 0 Å². The van der Waals surface area contributed by atoms with E-state index in [9.17, 15) is 0 Å². The van der Waals surface area contributed by atoms with E-state index in [0.29, 0.717) is 17.8 Å². The van der Waals surface area contributed by atoms with Crippen LogP contribution in [0.25, 0.3) is 5.57 Å². The number of anilines is 1. The molecular formula is C35H50N4. The van der Waals surface area contributed by atoms with Crippen LogP contribution < -0.4 is 10.6 Å². The van der Waals surface area contributed by atoms with Crippen molar-refractivity contribution in [2.45, 2.75) is 104 Å². The van der Waals surface area contributed by atoms with E-state index in [-0.39, 0.29) is 6.04 Å². The zero-order valence-corrected chi connectivity index (χ0v) is 24.8. The average Bonchev–Trinajstić information content (AvgIpc) is 2.96. The molecule has 4 nitrogen and oxygen atoms in total. The van der Waals surface area contributed by atoms with E-state index in [1.165, 1.54) is 80.2 Å². The number of nitrogens with two attached hydrogens (primary N) is 1. The number of aryl methyl sites for hydroxylation is 2. The van der Waals surface area contributed by atoms with Crippen molar-refractivity contribution in [2.75, 3.05) is 11.4 Å². The molecule has 2 saturated carbocycles. The largest absolute Gasteiger partial charge is 0.404 e. The van der Waals surface area contributed by atoms with Crippen LogP contribution in [0.5, 0.6) is 0 Å². The van der Waals surface area contributed by atoms with Crippen LogP contribution in [0.4, 0.5) is 5.82 Å². The minimum absolute atomic E-state index is 0.229. The lowest BCUT2D eigenvalue weighted by atomic mass is 9.77. The standard InChI is InChI=1S/C35H50N4/c1-6-29-16-17-32(20-26(29)4)31-14-12-28(13-15-31)24-39(27(5)30-10-8-7-9-11-30)35-21-33(18-19-37-35)34(22-36)23-38-25(2)3/h16-23,25,28,30-31H,5-15,24,36H2,1-4H3/b34-22+,38-23?.